The van der Waals surface area contributed by atoms with Crippen LogP contribution in [-0.4, -0.2) is 48.0 Å². The van der Waals surface area contributed by atoms with Crippen LogP contribution in [0.3, 0.4) is 0 Å². The van der Waals surface area contributed by atoms with Crippen molar-refractivity contribution in [2.45, 2.75) is 0 Å². The Morgan fingerprint density at radius 3 is 1.41 bits per heavy atom. The molecule has 0 aliphatic heterocycles. The van der Waals surface area contributed by atoms with E-state index < -0.39 is 11.8 Å². The number of rotatable bonds is 6. The molecule has 0 saturated heterocycles. The minimum atomic E-state index is -0.555. The first kappa shape index (κ1) is 22.4. The maximum absolute atomic E-state index is 11.7. The molecule has 0 radical (unpaired) electrons. The standard InChI is InChI=1S/C10H18N8O2.2ClH/c11-1-3-15-9(19)5-7(13)18-6(8(14)17-5)10(20)16-4-2-12;;/h1-4,11-12H2,(H2,14,17)(H2,13,18)(H,15,19)(H,16,20);2*1H. The van der Waals surface area contributed by atoms with Gasteiger partial charge in [-0.25, -0.2) is 9.97 Å². The molecule has 1 aromatic rings. The van der Waals surface area contributed by atoms with Crippen LogP contribution in [0.25, 0.3) is 0 Å². The van der Waals surface area contributed by atoms with E-state index >= 15 is 0 Å². The summed E-state index contributed by atoms with van der Waals surface area (Å²) in [7, 11) is 0. The first-order chi connectivity index (χ1) is 9.51. The van der Waals surface area contributed by atoms with Crippen LogP contribution in [0.15, 0.2) is 0 Å². The third-order valence-corrected chi connectivity index (χ3v) is 2.24. The first-order valence-electron chi connectivity index (χ1n) is 5.90. The fourth-order valence-electron chi connectivity index (χ4n) is 1.33. The number of anilines is 2. The maximum atomic E-state index is 11.7. The van der Waals surface area contributed by atoms with Crippen molar-refractivity contribution in [2.75, 3.05) is 37.6 Å². The predicted octanol–water partition coefficient (Wildman–Crippen LogP) is -2.14. The summed E-state index contributed by atoms with van der Waals surface area (Å²) in [5.74, 6) is -1.49. The lowest BCUT2D eigenvalue weighted by Gasteiger charge is -2.09. The Balaban J connectivity index is 0. The van der Waals surface area contributed by atoms with E-state index in [1.54, 1.807) is 0 Å². The van der Waals surface area contributed by atoms with Gasteiger partial charge in [-0.15, -0.1) is 24.8 Å². The van der Waals surface area contributed by atoms with Gasteiger partial charge in [0.25, 0.3) is 11.8 Å². The van der Waals surface area contributed by atoms with Gasteiger partial charge in [0.2, 0.25) is 0 Å². The first-order valence-corrected chi connectivity index (χ1v) is 5.90. The molecule has 0 unspecified atom stereocenters. The van der Waals surface area contributed by atoms with Gasteiger partial charge in [0.1, 0.15) is 0 Å². The minimum absolute atomic E-state index is 0. The van der Waals surface area contributed by atoms with Gasteiger partial charge in [-0.2, -0.15) is 0 Å². The number of halogens is 2. The Morgan fingerprint density at radius 2 is 1.14 bits per heavy atom. The number of hydrogen-bond donors (Lipinski definition) is 6. The van der Waals surface area contributed by atoms with Crippen LogP contribution in [0.4, 0.5) is 11.6 Å². The van der Waals surface area contributed by atoms with Crippen molar-refractivity contribution in [3.63, 3.8) is 0 Å². The Hall–Kier alpha value is -1.88. The van der Waals surface area contributed by atoms with Gasteiger partial charge in [0.05, 0.1) is 0 Å². The third kappa shape index (κ3) is 5.85. The highest BCUT2D eigenvalue weighted by Crippen LogP contribution is 2.12. The van der Waals surface area contributed by atoms with Crippen molar-refractivity contribution in [3.8, 4) is 0 Å². The summed E-state index contributed by atoms with van der Waals surface area (Å²) >= 11 is 0. The summed E-state index contributed by atoms with van der Waals surface area (Å²) in [6.07, 6.45) is 0. The fraction of sp³-hybridized carbons (Fsp3) is 0.400. The molecular weight excluding hydrogens is 335 g/mol. The maximum Gasteiger partial charge on any atom is 0.273 e. The lowest BCUT2D eigenvalue weighted by molar-refractivity contribution is 0.0936. The van der Waals surface area contributed by atoms with Crippen molar-refractivity contribution in [2.24, 2.45) is 11.5 Å². The largest absolute Gasteiger partial charge is 0.382 e. The van der Waals surface area contributed by atoms with Gasteiger partial charge in [-0.1, -0.05) is 0 Å². The number of nitrogen functional groups attached to an aromatic ring is 2. The molecular formula is C10H20Cl2N8O2. The molecule has 0 aliphatic carbocycles. The van der Waals surface area contributed by atoms with Gasteiger partial charge >= 0.3 is 0 Å². The molecule has 1 heterocycles. The van der Waals surface area contributed by atoms with E-state index in [1.807, 2.05) is 0 Å². The number of nitrogens with one attached hydrogen (secondary N) is 2. The van der Waals surface area contributed by atoms with Crippen LogP contribution < -0.4 is 33.6 Å². The highest BCUT2D eigenvalue weighted by Gasteiger charge is 2.19. The minimum Gasteiger partial charge on any atom is -0.382 e. The Kier molecular flexibility index (Phi) is 11.0. The molecule has 0 atom stereocenters. The van der Waals surface area contributed by atoms with E-state index in [4.69, 9.17) is 22.9 Å². The van der Waals surface area contributed by atoms with Gasteiger partial charge in [-0.3, -0.25) is 9.59 Å². The van der Waals surface area contributed by atoms with Gasteiger partial charge in [0.15, 0.2) is 23.0 Å². The summed E-state index contributed by atoms with van der Waals surface area (Å²) in [4.78, 5) is 31.0. The Morgan fingerprint density at radius 1 is 0.818 bits per heavy atom. The predicted molar refractivity (Wildman–Crippen MR) is 88.1 cm³/mol. The second-order valence-corrected chi connectivity index (χ2v) is 3.78. The summed E-state index contributed by atoms with van der Waals surface area (Å²) in [6.45, 7) is 1.07. The van der Waals surface area contributed by atoms with Crippen LogP contribution in [0.1, 0.15) is 21.0 Å². The number of aromatic nitrogens is 2. The second-order valence-electron chi connectivity index (χ2n) is 3.78. The number of amides is 2. The Bertz CT molecular complexity index is 468. The molecule has 0 spiro atoms. The Labute approximate surface area is 139 Å². The monoisotopic (exact) mass is 354 g/mol. The zero-order chi connectivity index (χ0) is 15.1. The smallest absolute Gasteiger partial charge is 0.273 e. The summed E-state index contributed by atoms with van der Waals surface area (Å²) in [5, 5.41) is 4.96. The number of carbonyl (C=O) groups excluding carboxylic acids is 2. The zero-order valence-corrected chi connectivity index (χ0v) is 13.3. The van der Waals surface area contributed by atoms with Crippen LogP contribution in [-0.2, 0) is 0 Å². The van der Waals surface area contributed by atoms with E-state index in [9.17, 15) is 9.59 Å². The van der Waals surface area contributed by atoms with Crippen molar-refractivity contribution in [1.82, 2.24) is 20.6 Å². The molecule has 126 valence electrons. The van der Waals surface area contributed by atoms with E-state index in [0.717, 1.165) is 0 Å². The molecule has 1 rings (SSSR count). The van der Waals surface area contributed by atoms with E-state index in [0.29, 0.717) is 0 Å². The second kappa shape index (κ2) is 10.8. The number of carbonyl (C=O) groups is 2. The summed E-state index contributed by atoms with van der Waals surface area (Å²) < 4.78 is 0. The molecule has 1 aromatic heterocycles. The summed E-state index contributed by atoms with van der Waals surface area (Å²) in [5.41, 5.74) is 21.4. The van der Waals surface area contributed by atoms with Crippen molar-refractivity contribution < 1.29 is 9.59 Å². The lowest BCUT2D eigenvalue weighted by Crippen LogP contribution is -2.33. The molecule has 0 saturated carbocycles. The molecule has 2 amide bonds. The SMILES string of the molecule is Cl.Cl.NCCNC(=O)c1nc(N)c(C(=O)NCCN)nc1N. The van der Waals surface area contributed by atoms with E-state index in [-0.39, 0.29) is 74.0 Å². The van der Waals surface area contributed by atoms with Gasteiger partial charge in [-0.05, 0) is 0 Å². The topological polar surface area (TPSA) is 188 Å². The number of nitrogens with two attached hydrogens (primary N) is 4. The van der Waals surface area contributed by atoms with Crippen molar-refractivity contribution >= 4 is 48.3 Å². The average molecular weight is 355 g/mol. The quantitative estimate of drug-likeness (QED) is 0.333. The molecule has 0 aromatic carbocycles. The third-order valence-electron chi connectivity index (χ3n) is 2.24. The average Bonchev–Trinajstić information content (AvgIpc) is 2.44. The van der Waals surface area contributed by atoms with Crippen LogP contribution in [0.5, 0.6) is 0 Å². The van der Waals surface area contributed by atoms with Crippen LogP contribution >= 0.6 is 24.8 Å². The highest BCUT2D eigenvalue weighted by molar-refractivity contribution is 6.00. The molecule has 12 heteroatoms. The lowest BCUT2D eigenvalue weighted by atomic mass is 10.3. The summed E-state index contributed by atoms with van der Waals surface area (Å²) in [6, 6.07) is 0. The van der Waals surface area contributed by atoms with E-state index in [2.05, 4.69) is 20.6 Å². The molecule has 0 aliphatic rings. The highest BCUT2D eigenvalue weighted by atomic mass is 35.5. The number of hydrogen-bond acceptors (Lipinski definition) is 8. The van der Waals surface area contributed by atoms with Crippen LogP contribution in [0, 0.1) is 0 Å². The molecule has 10 nitrogen and oxygen atoms in total. The van der Waals surface area contributed by atoms with Gasteiger partial charge < -0.3 is 33.6 Å². The molecule has 10 N–H and O–H groups in total. The van der Waals surface area contributed by atoms with Gasteiger partial charge in [0, 0.05) is 26.2 Å². The number of nitrogens with zero attached hydrogens (tertiary/aromatic N) is 2. The zero-order valence-electron chi connectivity index (χ0n) is 11.7. The normalized spacial score (nSPS) is 9.18. The van der Waals surface area contributed by atoms with Crippen molar-refractivity contribution in [3.05, 3.63) is 11.4 Å². The molecule has 0 bridgehead atoms. The molecule has 0 fully saturated rings. The molecule has 22 heavy (non-hydrogen) atoms. The van der Waals surface area contributed by atoms with Crippen LogP contribution in [0.2, 0.25) is 0 Å². The van der Waals surface area contributed by atoms with E-state index in [1.165, 1.54) is 0 Å². The fourth-order valence-corrected chi connectivity index (χ4v) is 1.33. The van der Waals surface area contributed by atoms with Crippen molar-refractivity contribution in [1.29, 1.82) is 0 Å².